The monoisotopic (exact) mass is 345 g/mol. The molecule has 1 N–H and O–H groups in total. The van der Waals surface area contributed by atoms with Gasteiger partial charge in [0.05, 0.1) is 5.39 Å². The van der Waals surface area contributed by atoms with Gasteiger partial charge in [-0.15, -0.1) is 17.9 Å². The molecule has 100 valence electrons. The van der Waals surface area contributed by atoms with Gasteiger partial charge in [0.1, 0.15) is 17.0 Å². The number of halogens is 1. The highest BCUT2D eigenvalue weighted by Crippen LogP contribution is 2.36. The summed E-state index contributed by atoms with van der Waals surface area (Å²) in [7, 11) is 0. The van der Waals surface area contributed by atoms with Crippen LogP contribution in [0.1, 0.15) is 0 Å². The molecule has 0 aliphatic carbocycles. The number of thiophene rings is 1. The van der Waals surface area contributed by atoms with E-state index in [1.54, 1.807) is 17.7 Å². The Labute approximate surface area is 129 Å². The summed E-state index contributed by atoms with van der Waals surface area (Å²) in [5.74, 6) is 0.856. The number of nitrogens with zero attached hydrogens (tertiary/aromatic N) is 2. The van der Waals surface area contributed by atoms with Crippen LogP contribution in [0, 0.1) is 0 Å². The molecule has 0 aliphatic heterocycles. The van der Waals surface area contributed by atoms with Gasteiger partial charge in [-0.1, -0.05) is 34.1 Å². The highest BCUT2D eigenvalue weighted by molar-refractivity contribution is 9.10. The van der Waals surface area contributed by atoms with Gasteiger partial charge < -0.3 is 5.32 Å². The zero-order valence-electron chi connectivity index (χ0n) is 10.6. The smallest absolute Gasteiger partial charge is 0.139 e. The second-order valence-corrected chi connectivity index (χ2v) is 6.00. The maximum Gasteiger partial charge on any atom is 0.139 e. The molecule has 3 rings (SSSR count). The summed E-state index contributed by atoms with van der Waals surface area (Å²) < 4.78 is 1.07. The molecular weight excluding hydrogens is 334 g/mol. The first-order valence-corrected chi connectivity index (χ1v) is 7.80. The first-order chi connectivity index (χ1) is 9.79. The summed E-state index contributed by atoms with van der Waals surface area (Å²) in [4.78, 5) is 9.68. The average molecular weight is 346 g/mol. The molecule has 0 unspecified atom stereocenters. The van der Waals surface area contributed by atoms with E-state index in [2.05, 4.69) is 55.3 Å². The van der Waals surface area contributed by atoms with Crippen molar-refractivity contribution in [2.75, 3.05) is 11.9 Å². The van der Waals surface area contributed by atoms with Gasteiger partial charge in [-0.2, -0.15) is 0 Å². The Morgan fingerprint density at radius 1 is 1.25 bits per heavy atom. The van der Waals surface area contributed by atoms with Gasteiger partial charge in [-0.05, 0) is 17.7 Å². The quantitative estimate of drug-likeness (QED) is 0.695. The fourth-order valence-electron chi connectivity index (χ4n) is 2.02. The highest BCUT2D eigenvalue weighted by Gasteiger charge is 2.12. The van der Waals surface area contributed by atoms with Gasteiger partial charge in [0.15, 0.2) is 0 Å². The van der Waals surface area contributed by atoms with E-state index < -0.39 is 0 Å². The zero-order valence-corrected chi connectivity index (χ0v) is 13.0. The molecule has 0 fully saturated rings. The Hall–Kier alpha value is -1.72. The van der Waals surface area contributed by atoms with E-state index >= 15 is 0 Å². The van der Waals surface area contributed by atoms with Crippen LogP contribution in [-0.4, -0.2) is 16.5 Å². The van der Waals surface area contributed by atoms with E-state index in [0.717, 1.165) is 31.6 Å². The first-order valence-electron chi connectivity index (χ1n) is 6.12. The van der Waals surface area contributed by atoms with Crippen LogP contribution >= 0.6 is 27.3 Å². The minimum Gasteiger partial charge on any atom is -0.366 e. The minimum atomic E-state index is 0.682. The van der Waals surface area contributed by atoms with Crippen LogP contribution in [0.4, 0.5) is 5.82 Å². The summed E-state index contributed by atoms with van der Waals surface area (Å²) in [5.41, 5.74) is 2.32. The van der Waals surface area contributed by atoms with Crippen LogP contribution < -0.4 is 5.32 Å². The van der Waals surface area contributed by atoms with Crippen LogP contribution in [0.5, 0.6) is 0 Å². The fraction of sp³-hybridized carbons (Fsp3) is 0.0667. The number of rotatable bonds is 4. The van der Waals surface area contributed by atoms with Crippen molar-refractivity contribution in [2.24, 2.45) is 0 Å². The second kappa shape index (κ2) is 5.73. The van der Waals surface area contributed by atoms with Crippen LogP contribution in [0.3, 0.4) is 0 Å². The van der Waals surface area contributed by atoms with Crippen molar-refractivity contribution in [2.45, 2.75) is 0 Å². The van der Waals surface area contributed by atoms with Gasteiger partial charge in [-0.3, -0.25) is 0 Å². The second-order valence-electron chi connectivity index (χ2n) is 4.23. The van der Waals surface area contributed by atoms with Gasteiger partial charge in [0.25, 0.3) is 0 Å². The third-order valence-electron chi connectivity index (χ3n) is 2.94. The molecule has 2 aromatic heterocycles. The molecule has 0 bridgehead atoms. The Kier molecular flexibility index (Phi) is 3.80. The molecule has 0 atom stereocenters. The summed E-state index contributed by atoms with van der Waals surface area (Å²) in [5, 5.41) is 6.47. The Morgan fingerprint density at radius 2 is 2.05 bits per heavy atom. The molecule has 20 heavy (non-hydrogen) atoms. The molecule has 0 amide bonds. The van der Waals surface area contributed by atoms with Crippen LogP contribution in [0.25, 0.3) is 21.3 Å². The van der Waals surface area contributed by atoms with Crippen molar-refractivity contribution in [3.05, 3.63) is 53.1 Å². The predicted molar refractivity (Wildman–Crippen MR) is 89.2 cm³/mol. The highest BCUT2D eigenvalue weighted by atomic mass is 79.9. The van der Waals surface area contributed by atoms with Gasteiger partial charge in [0, 0.05) is 22.0 Å². The number of hydrogen-bond acceptors (Lipinski definition) is 4. The molecule has 2 heterocycles. The standard InChI is InChI=1S/C15H12BrN3S/c1-2-7-17-14-13-12(8-20-15(13)19-9-18-14)10-3-5-11(16)6-4-10/h2-6,8-9H,1,7H2,(H,17,18,19). The average Bonchev–Trinajstić information content (AvgIpc) is 2.90. The van der Waals surface area contributed by atoms with Gasteiger partial charge >= 0.3 is 0 Å². The summed E-state index contributed by atoms with van der Waals surface area (Å²) in [6, 6.07) is 8.27. The zero-order chi connectivity index (χ0) is 13.9. The number of fused-ring (bicyclic) bond motifs is 1. The molecule has 0 saturated heterocycles. The SMILES string of the molecule is C=CCNc1ncnc2scc(-c3ccc(Br)cc3)c12. The van der Waals surface area contributed by atoms with Crippen molar-refractivity contribution >= 4 is 43.3 Å². The van der Waals surface area contributed by atoms with E-state index in [4.69, 9.17) is 0 Å². The number of aromatic nitrogens is 2. The lowest BCUT2D eigenvalue weighted by Gasteiger charge is -2.06. The Balaban J connectivity index is 2.15. The van der Waals surface area contributed by atoms with Crippen molar-refractivity contribution in [3.8, 4) is 11.1 Å². The van der Waals surface area contributed by atoms with Crippen LogP contribution in [0.15, 0.2) is 53.1 Å². The van der Waals surface area contributed by atoms with Crippen molar-refractivity contribution in [1.29, 1.82) is 0 Å². The molecule has 0 radical (unpaired) electrons. The van der Waals surface area contributed by atoms with Crippen LogP contribution in [0.2, 0.25) is 0 Å². The molecule has 1 aromatic carbocycles. The molecule has 3 aromatic rings. The van der Waals surface area contributed by atoms with Crippen molar-refractivity contribution in [3.63, 3.8) is 0 Å². The normalized spacial score (nSPS) is 10.7. The Bertz CT molecular complexity index is 749. The lowest BCUT2D eigenvalue weighted by Crippen LogP contribution is -2.01. The Morgan fingerprint density at radius 3 is 2.80 bits per heavy atom. The van der Waals surface area contributed by atoms with E-state index in [-0.39, 0.29) is 0 Å². The lowest BCUT2D eigenvalue weighted by molar-refractivity contribution is 1.19. The van der Waals surface area contributed by atoms with Crippen molar-refractivity contribution in [1.82, 2.24) is 9.97 Å². The third-order valence-corrected chi connectivity index (χ3v) is 4.35. The summed E-state index contributed by atoms with van der Waals surface area (Å²) >= 11 is 5.09. The van der Waals surface area contributed by atoms with E-state index in [0.29, 0.717) is 6.54 Å². The maximum atomic E-state index is 4.35. The fourth-order valence-corrected chi connectivity index (χ4v) is 3.20. The molecule has 0 aliphatic rings. The van der Waals surface area contributed by atoms with E-state index in [1.165, 1.54) is 0 Å². The number of anilines is 1. The summed E-state index contributed by atoms with van der Waals surface area (Å²) in [6.45, 7) is 4.41. The molecule has 0 spiro atoms. The number of benzene rings is 1. The minimum absolute atomic E-state index is 0.682. The molecular formula is C15H12BrN3S. The van der Waals surface area contributed by atoms with Crippen LogP contribution in [-0.2, 0) is 0 Å². The number of nitrogens with one attached hydrogen (secondary N) is 1. The predicted octanol–water partition coefficient (Wildman–Crippen LogP) is 4.72. The third kappa shape index (κ3) is 2.46. The molecule has 5 heteroatoms. The maximum absolute atomic E-state index is 4.35. The molecule has 0 saturated carbocycles. The summed E-state index contributed by atoms with van der Waals surface area (Å²) in [6.07, 6.45) is 3.41. The van der Waals surface area contributed by atoms with Gasteiger partial charge in [0.2, 0.25) is 0 Å². The largest absolute Gasteiger partial charge is 0.366 e. The lowest BCUT2D eigenvalue weighted by atomic mass is 10.1. The number of hydrogen-bond donors (Lipinski definition) is 1. The van der Waals surface area contributed by atoms with E-state index in [9.17, 15) is 0 Å². The van der Waals surface area contributed by atoms with E-state index in [1.807, 2.05) is 18.2 Å². The first kappa shape index (κ1) is 13.3. The van der Waals surface area contributed by atoms with Gasteiger partial charge in [-0.25, -0.2) is 9.97 Å². The topological polar surface area (TPSA) is 37.8 Å². The van der Waals surface area contributed by atoms with Crippen molar-refractivity contribution < 1.29 is 0 Å². The molecule has 3 nitrogen and oxygen atoms in total.